The Morgan fingerprint density at radius 2 is 2.32 bits per heavy atom. The number of hydrogen-bond donors (Lipinski definition) is 0. The van der Waals surface area contributed by atoms with Crippen LogP contribution in [0.2, 0.25) is 5.02 Å². The van der Waals surface area contributed by atoms with E-state index in [2.05, 4.69) is 0 Å². The number of rotatable bonds is 4. The Hall–Kier alpha value is -1.06. The van der Waals surface area contributed by atoms with Gasteiger partial charge >= 0.3 is 0 Å². The van der Waals surface area contributed by atoms with Crippen LogP contribution in [-0.4, -0.2) is 37.1 Å². The third-order valence-corrected chi connectivity index (χ3v) is 3.71. The van der Waals surface area contributed by atoms with Gasteiger partial charge in [-0.05, 0) is 43.9 Å². The van der Waals surface area contributed by atoms with Gasteiger partial charge in [0.25, 0.3) is 5.91 Å². The molecule has 1 unspecified atom stereocenters. The van der Waals surface area contributed by atoms with Gasteiger partial charge in [0.05, 0.1) is 6.10 Å². The zero-order chi connectivity index (χ0) is 13.7. The molecule has 1 amide bonds. The standard InChI is InChI=1S/C15H20ClNO2/c1-17(9-8-14-7-2-3-10-19-14)15(18)12-5-4-6-13(16)11-12/h4-6,11,14H,2-3,7-10H2,1H3. The van der Waals surface area contributed by atoms with Crippen molar-refractivity contribution in [3.63, 3.8) is 0 Å². The van der Waals surface area contributed by atoms with E-state index in [1.54, 1.807) is 29.2 Å². The first-order valence-corrected chi connectivity index (χ1v) is 7.17. The first-order chi connectivity index (χ1) is 9.16. The van der Waals surface area contributed by atoms with E-state index in [0.29, 0.717) is 16.7 Å². The number of carbonyl (C=O) groups is 1. The molecule has 0 spiro atoms. The van der Waals surface area contributed by atoms with E-state index in [0.717, 1.165) is 32.4 Å². The minimum atomic E-state index is 0.0123. The van der Waals surface area contributed by atoms with Crippen molar-refractivity contribution in [3.8, 4) is 0 Å². The van der Waals surface area contributed by atoms with Crippen LogP contribution in [0.25, 0.3) is 0 Å². The van der Waals surface area contributed by atoms with Crippen molar-refractivity contribution >= 4 is 17.5 Å². The Morgan fingerprint density at radius 3 is 3.00 bits per heavy atom. The third-order valence-electron chi connectivity index (χ3n) is 3.48. The fourth-order valence-corrected chi connectivity index (χ4v) is 2.51. The van der Waals surface area contributed by atoms with Crippen LogP contribution < -0.4 is 0 Å². The highest BCUT2D eigenvalue weighted by atomic mass is 35.5. The summed E-state index contributed by atoms with van der Waals surface area (Å²) in [6, 6.07) is 7.07. The van der Waals surface area contributed by atoms with Gasteiger partial charge in [-0.1, -0.05) is 17.7 Å². The van der Waals surface area contributed by atoms with Crippen LogP contribution in [0.1, 0.15) is 36.0 Å². The maximum atomic E-state index is 12.2. The van der Waals surface area contributed by atoms with Crippen molar-refractivity contribution in [1.29, 1.82) is 0 Å². The maximum Gasteiger partial charge on any atom is 0.253 e. The molecule has 1 aromatic rings. The van der Waals surface area contributed by atoms with Gasteiger partial charge in [0.15, 0.2) is 0 Å². The molecule has 3 nitrogen and oxygen atoms in total. The van der Waals surface area contributed by atoms with Gasteiger partial charge in [-0.15, -0.1) is 0 Å². The molecule has 104 valence electrons. The van der Waals surface area contributed by atoms with Gasteiger partial charge in [-0.3, -0.25) is 4.79 Å². The molecule has 0 radical (unpaired) electrons. The minimum Gasteiger partial charge on any atom is -0.378 e. The van der Waals surface area contributed by atoms with Crippen LogP contribution in [0.4, 0.5) is 0 Å². The first-order valence-electron chi connectivity index (χ1n) is 6.79. The molecule has 1 heterocycles. The summed E-state index contributed by atoms with van der Waals surface area (Å²) < 4.78 is 5.67. The quantitative estimate of drug-likeness (QED) is 0.847. The molecular weight excluding hydrogens is 262 g/mol. The van der Waals surface area contributed by atoms with Gasteiger partial charge in [0.1, 0.15) is 0 Å². The van der Waals surface area contributed by atoms with E-state index in [9.17, 15) is 4.79 Å². The van der Waals surface area contributed by atoms with E-state index in [4.69, 9.17) is 16.3 Å². The van der Waals surface area contributed by atoms with E-state index in [1.165, 1.54) is 6.42 Å². The average Bonchev–Trinajstić information content (AvgIpc) is 2.45. The number of halogens is 1. The van der Waals surface area contributed by atoms with E-state index >= 15 is 0 Å². The van der Waals surface area contributed by atoms with Crippen molar-refractivity contribution in [3.05, 3.63) is 34.9 Å². The summed E-state index contributed by atoms with van der Waals surface area (Å²) in [4.78, 5) is 13.9. The molecule has 1 aliphatic rings. The van der Waals surface area contributed by atoms with Gasteiger partial charge in [-0.25, -0.2) is 0 Å². The summed E-state index contributed by atoms with van der Waals surface area (Å²) in [6.45, 7) is 1.58. The van der Waals surface area contributed by atoms with Crippen molar-refractivity contribution in [2.24, 2.45) is 0 Å². The number of amides is 1. The van der Waals surface area contributed by atoms with Crippen LogP contribution in [0.3, 0.4) is 0 Å². The Kier molecular flexibility index (Phi) is 5.23. The molecule has 0 N–H and O–H groups in total. The zero-order valence-corrected chi connectivity index (χ0v) is 12.0. The summed E-state index contributed by atoms with van der Waals surface area (Å²) in [5.41, 5.74) is 0.638. The second-order valence-corrected chi connectivity index (χ2v) is 5.45. The molecule has 0 bridgehead atoms. The number of hydrogen-bond acceptors (Lipinski definition) is 2. The Bertz CT molecular complexity index is 430. The van der Waals surface area contributed by atoms with Crippen LogP contribution >= 0.6 is 11.6 Å². The lowest BCUT2D eigenvalue weighted by Crippen LogP contribution is -2.31. The molecule has 1 aliphatic heterocycles. The summed E-state index contributed by atoms with van der Waals surface area (Å²) in [5.74, 6) is 0.0123. The lowest BCUT2D eigenvalue weighted by Gasteiger charge is -2.25. The fourth-order valence-electron chi connectivity index (χ4n) is 2.32. The Morgan fingerprint density at radius 1 is 1.47 bits per heavy atom. The second-order valence-electron chi connectivity index (χ2n) is 5.01. The topological polar surface area (TPSA) is 29.5 Å². The molecule has 1 fully saturated rings. The van der Waals surface area contributed by atoms with E-state index < -0.39 is 0 Å². The number of ether oxygens (including phenoxy) is 1. The van der Waals surface area contributed by atoms with Crippen molar-refractivity contribution < 1.29 is 9.53 Å². The smallest absolute Gasteiger partial charge is 0.253 e. The predicted octanol–water partition coefficient (Wildman–Crippen LogP) is 3.37. The largest absolute Gasteiger partial charge is 0.378 e. The zero-order valence-electron chi connectivity index (χ0n) is 11.3. The summed E-state index contributed by atoms with van der Waals surface area (Å²) >= 11 is 5.90. The van der Waals surface area contributed by atoms with E-state index in [-0.39, 0.29) is 5.91 Å². The number of nitrogens with zero attached hydrogens (tertiary/aromatic N) is 1. The fraction of sp³-hybridized carbons (Fsp3) is 0.533. The van der Waals surface area contributed by atoms with Crippen molar-refractivity contribution in [1.82, 2.24) is 4.90 Å². The molecule has 0 aromatic heterocycles. The van der Waals surface area contributed by atoms with Gasteiger partial charge in [0.2, 0.25) is 0 Å². The maximum absolute atomic E-state index is 12.2. The third kappa shape index (κ3) is 4.22. The van der Waals surface area contributed by atoms with Crippen LogP contribution in [0.15, 0.2) is 24.3 Å². The SMILES string of the molecule is CN(CCC1CCCCO1)C(=O)c1cccc(Cl)c1. The normalized spacial score (nSPS) is 19.2. The summed E-state index contributed by atoms with van der Waals surface area (Å²) in [6.07, 6.45) is 4.72. The molecular formula is C15H20ClNO2. The highest BCUT2D eigenvalue weighted by Gasteiger charge is 2.17. The predicted molar refractivity (Wildman–Crippen MR) is 76.6 cm³/mol. The molecule has 0 saturated carbocycles. The molecule has 1 atom stereocenters. The van der Waals surface area contributed by atoms with Crippen LogP contribution in [0.5, 0.6) is 0 Å². The van der Waals surface area contributed by atoms with Gasteiger partial charge in [-0.2, -0.15) is 0 Å². The van der Waals surface area contributed by atoms with Gasteiger partial charge < -0.3 is 9.64 Å². The lowest BCUT2D eigenvalue weighted by molar-refractivity contribution is 0.00709. The highest BCUT2D eigenvalue weighted by Crippen LogP contribution is 2.17. The Balaban J connectivity index is 1.85. The molecule has 0 aliphatic carbocycles. The van der Waals surface area contributed by atoms with Gasteiger partial charge in [0, 0.05) is 30.8 Å². The molecule has 1 aromatic carbocycles. The second kappa shape index (κ2) is 6.92. The minimum absolute atomic E-state index is 0.0123. The first kappa shape index (κ1) is 14.4. The van der Waals surface area contributed by atoms with Crippen LogP contribution in [0, 0.1) is 0 Å². The van der Waals surface area contributed by atoms with Crippen molar-refractivity contribution in [2.45, 2.75) is 31.8 Å². The highest BCUT2D eigenvalue weighted by molar-refractivity contribution is 6.30. The lowest BCUT2D eigenvalue weighted by atomic mass is 10.1. The number of carbonyl (C=O) groups excluding carboxylic acids is 1. The summed E-state index contributed by atoms with van der Waals surface area (Å²) in [5, 5.41) is 0.592. The van der Waals surface area contributed by atoms with Crippen LogP contribution in [-0.2, 0) is 4.74 Å². The molecule has 4 heteroatoms. The summed E-state index contributed by atoms with van der Waals surface area (Å²) in [7, 11) is 1.83. The molecule has 19 heavy (non-hydrogen) atoms. The van der Waals surface area contributed by atoms with E-state index in [1.807, 2.05) is 7.05 Å². The Labute approximate surface area is 119 Å². The molecule has 1 saturated heterocycles. The monoisotopic (exact) mass is 281 g/mol. The average molecular weight is 282 g/mol. The van der Waals surface area contributed by atoms with Crippen molar-refractivity contribution in [2.75, 3.05) is 20.2 Å². The molecule has 2 rings (SSSR count). The number of benzene rings is 1.